The SMILES string of the molecule is C=CC(=O)O.CC[CH2][Na]. The topological polar surface area (TPSA) is 37.3 Å². The number of carboxylic acid groups (broad SMARTS) is 1. The molecule has 0 atom stereocenters. The maximum atomic E-state index is 9.25. The van der Waals surface area contributed by atoms with Gasteiger partial charge in [0.1, 0.15) is 0 Å². The van der Waals surface area contributed by atoms with E-state index in [1.165, 1.54) is 38.0 Å². The molecule has 0 bridgehead atoms. The Hall–Kier alpha value is 0.210. The number of carboxylic acids is 1. The van der Waals surface area contributed by atoms with Gasteiger partial charge in [0.2, 0.25) is 0 Å². The maximum absolute atomic E-state index is 9.25. The Morgan fingerprint density at radius 3 is 2.11 bits per heavy atom. The van der Waals surface area contributed by atoms with E-state index in [1.54, 1.807) is 0 Å². The third-order valence-electron chi connectivity index (χ3n) is 0.675. The first-order valence-electron chi connectivity index (χ1n) is 3.04. The minimum absolute atomic E-state index is 0.833. The second-order valence-corrected chi connectivity index (χ2v) is 2.54. The molecule has 0 saturated heterocycles. The first-order valence-corrected chi connectivity index (χ1v) is 4.45. The van der Waals surface area contributed by atoms with E-state index >= 15 is 0 Å². The van der Waals surface area contributed by atoms with Crippen LogP contribution in [0.4, 0.5) is 0 Å². The van der Waals surface area contributed by atoms with Crippen molar-refractivity contribution in [2.45, 2.75) is 17.0 Å². The van der Waals surface area contributed by atoms with E-state index in [9.17, 15) is 4.79 Å². The second kappa shape index (κ2) is 11.1. The molecular formula is C6H11NaO2. The van der Waals surface area contributed by atoms with Crippen LogP contribution in [0.5, 0.6) is 0 Å². The molecule has 0 aliphatic carbocycles. The summed E-state index contributed by atoms with van der Waals surface area (Å²) in [5.41, 5.74) is 0. The van der Waals surface area contributed by atoms with Crippen molar-refractivity contribution in [2.75, 3.05) is 0 Å². The van der Waals surface area contributed by atoms with E-state index in [1.807, 2.05) is 0 Å². The van der Waals surface area contributed by atoms with E-state index < -0.39 is 5.97 Å². The fourth-order valence-corrected chi connectivity index (χ4v) is 0. The zero-order valence-electron chi connectivity index (χ0n) is 6.05. The molecule has 3 heteroatoms. The van der Waals surface area contributed by atoms with E-state index in [2.05, 4.69) is 13.5 Å². The molecule has 0 saturated carbocycles. The first kappa shape index (κ1) is 11.9. The van der Waals surface area contributed by atoms with Gasteiger partial charge >= 0.3 is 50.9 Å². The summed E-state index contributed by atoms with van der Waals surface area (Å²) in [4.78, 5) is 9.25. The standard InChI is InChI=1S/C3H4O2.C3H7.Na/c1-2-3(4)5;1-3-2;/h2H,1H2,(H,4,5);1,3H2,2H3;. The molecule has 0 radical (unpaired) electrons. The summed E-state index contributed by atoms with van der Waals surface area (Å²) in [6.45, 7) is 5.18. The van der Waals surface area contributed by atoms with Gasteiger partial charge < -0.3 is 5.11 Å². The van der Waals surface area contributed by atoms with Gasteiger partial charge in [-0.2, -0.15) is 0 Å². The summed E-state index contributed by atoms with van der Waals surface area (Å²) in [7, 11) is 0. The quantitative estimate of drug-likeness (QED) is 0.460. The molecule has 0 aliphatic rings. The van der Waals surface area contributed by atoms with Crippen LogP contribution in [0.1, 0.15) is 13.3 Å². The van der Waals surface area contributed by atoms with Gasteiger partial charge in [0.25, 0.3) is 0 Å². The summed E-state index contributed by atoms with van der Waals surface area (Å²) in [5.74, 6) is -0.981. The van der Waals surface area contributed by atoms with Crippen LogP contribution in [0.15, 0.2) is 12.7 Å². The third-order valence-corrected chi connectivity index (χ3v) is 1.67. The summed E-state index contributed by atoms with van der Waals surface area (Å²) < 4.78 is 1.46. The van der Waals surface area contributed by atoms with Crippen LogP contribution in [0, 0.1) is 0 Å². The number of rotatable bonds is 2. The van der Waals surface area contributed by atoms with Crippen LogP contribution in [0.2, 0.25) is 3.67 Å². The van der Waals surface area contributed by atoms with Gasteiger partial charge in [-0.15, -0.1) is 0 Å². The summed E-state index contributed by atoms with van der Waals surface area (Å²) >= 11 is 1.39. The second-order valence-electron chi connectivity index (χ2n) is 1.54. The summed E-state index contributed by atoms with van der Waals surface area (Å²) in [6, 6.07) is 0. The summed E-state index contributed by atoms with van der Waals surface area (Å²) in [5, 5.41) is 7.60. The van der Waals surface area contributed by atoms with Gasteiger partial charge in [-0.3, -0.25) is 0 Å². The van der Waals surface area contributed by atoms with E-state index in [-0.39, 0.29) is 0 Å². The number of hydrogen-bond acceptors (Lipinski definition) is 1. The fraction of sp³-hybridized carbons (Fsp3) is 0.500. The Kier molecular flexibility index (Phi) is 14.7. The molecule has 2 nitrogen and oxygen atoms in total. The van der Waals surface area contributed by atoms with Crippen LogP contribution in [-0.2, 0) is 4.79 Å². The first-order chi connectivity index (χ1) is 4.18. The Bertz CT molecular complexity index is 79.1. The van der Waals surface area contributed by atoms with Crippen LogP contribution in [0.3, 0.4) is 0 Å². The number of carbonyl (C=O) groups is 1. The number of hydrogen-bond donors (Lipinski definition) is 1. The summed E-state index contributed by atoms with van der Waals surface area (Å²) in [6.07, 6.45) is 2.21. The van der Waals surface area contributed by atoms with Gasteiger partial charge in [-0.25, -0.2) is 4.79 Å². The predicted molar refractivity (Wildman–Crippen MR) is 38.7 cm³/mol. The van der Waals surface area contributed by atoms with Crippen molar-refractivity contribution in [3.8, 4) is 0 Å². The third kappa shape index (κ3) is 30.7. The van der Waals surface area contributed by atoms with E-state index in [0.717, 1.165) is 6.08 Å². The van der Waals surface area contributed by atoms with Gasteiger partial charge in [0, 0.05) is 6.08 Å². The van der Waals surface area contributed by atoms with Crippen molar-refractivity contribution in [1.82, 2.24) is 0 Å². The molecule has 0 heterocycles. The van der Waals surface area contributed by atoms with Crippen molar-refractivity contribution in [2.24, 2.45) is 0 Å². The normalized spacial score (nSPS) is 7.00. The Morgan fingerprint density at radius 1 is 1.89 bits per heavy atom. The van der Waals surface area contributed by atoms with Crippen LogP contribution >= 0.6 is 0 Å². The predicted octanol–water partition coefficient (Wildman–Crippen LogP) is 1.24. The minimum atomic E-state index is -0.981. The molecular weight excluding hydrogens is 127 g/mol. The van der Waals surface area contributed by atoms with Crippen LogP contribution in [0.25, 0.3) is 0 Å². The van der Waals surface area contributed by atoms with Crippen molar-refractivity contribution in [3.63, 3.8) is 0 Å². The van der Waals surface area contributed by atoms with E-state index in [0.29, 0.717) is 0 Å². The molecule has 1 N–H and O–H groups in total. The molecule has 48 valence electrons. The van der Waals surface area contributed by atoms with Gasteiger partial charge in [-0.05, 0) is 0 Å². The average molecular weight is 138 g/mol. The van der Waals surface area contributed by atoms with Crippen molar-refractivity contribution >= 4 is 33.9 Å². The molecule has 0 aliphatic heterocycles. The van der Waals surface area contributed by atoms with Crippen LogP contribution < -0.4 is 0 Å². The molecule has 9 heavy (non-hydrogen) atoms. The van der Waals surface area contributed by atoms with Crippen LogP contribution in [-0.4, -0.2) is 39.0 Å². The average Bonchev–Trinajstić information content (AvgIpc) is 1.89. The monoisotopic (exact) mass is 138 g/mol. The van der Waals surface area contributed by atoms with Gasteiger partial charge in [-0.1, -0.05) is 6.58 Å². The Morgan fingerprint density at radius 2 is 2.11 bits per heavy atom. The van der Waals surface area contributed by atoms with Crippen molar-refractivity contribution < 1.29 is 9.90 Å². The number of aliphatic carboxylic acids is 1. The molecule has 0 fully saturated rings. The Balaban J connectivity index is 0. The molecule has 0 rings (SSSR count). The molecule has 0 aromatic carbocycles. The fourth-order valence-electron chi connectivity index (χ4n) is 0. The van der Waals surface area contributed by atoms with Crippen molar-refractivity contribution in [3.05, 3.63) is 12.7 Å². The Labute approximate surface area is 73.4 Å². The van der Waals surface area contributed by atoms with Gasteiger partial charge in [0.05, 0.1) is 0 Å². The van der Waals surface area contributed by atoms with Gasteiger partial charge in [0.15, 0.2) is 0 Å². The molecule has 0 aromatic rings. The van der Waals surface area contributed by atoms with Crippen molar-refractivity contribution in [1.29, 1.82) is 0 Å². The molecule has 0 unspecified atom stereocenters. The molecule has 0 aromatic heterocycles. The molecule has 0 amide bonds. The molecule has 0 spiro atoms. The zero-order valence-corrected chi connectivity index (χ0v) is 8.05. The zero-order chi connectivity index (χ0) is 7.70. The van der Waals surface area contributed by atoms with E-state index in [4.69, 9.17) is 5.11 Å².